The van der Waals surface area contributed by atoms with Crippen molar-refractivity contribution in [3.63, 3.8) is 0 Å². The van der Waals surface area contributed by atoms with Gasteiger partial charge in [0.15, 0.2) is 7.28 Å². The minimum atomic E-state index is 0.00485. The molecule has 0 aliphatic rings. The summed E-state index contributed by atoms with van der Waals surface area (Å²) in [4.78, 5) is 4.71. The zero-order valence-electron chi connectivity index (χ0n) is 12.3. The standard InChI is InChI=1S/C14H22BN3/c1-13(2,3)15-12-8-7-10-11(16-12)9-18(17-10)14(4,5)6/h7-9,15H,1-6H3. The van der Waals surface area contributed by atoms with Gasteiger partial charge in [-0.1, -0.05) is 26.1 Å². The molecule has 0 unspecified atom stereocenters. The van der Waals surface area contributed by atoms with Crippen LogP contribution in [-0.2, 0) is 5.54 Å². The first kappa shape index (κ1) is 13.1. The van der Waals surface area contributed by atoms with E-state index >= 15 is 0 Å². The van der Waals surface area contributed by atoms with Gasteiger partial charge in [-0.3, -0.25) is 9.67 Å². The molecule has 0 amide bonds. The molecular weight excluding hydrogens is 221 g/mol. The first-order chi connectivity index (χ1) is 8.15. The third kappa shape index (κ3) is 2.92. The SMILES string of the molecule is CC(C)(C)Bc1ccc2nn(C(C)(C)C)cc2n1. The topological polar surface area (TPSA) is 30.7 Å². The Labute approximate surface area is 110 Å². The Morgan fingerprint density at radius 1 is 1.00 bits per heavy atom. The minimum Gasteiger partial charge on any atom is -0.265 e. The molecule has 0 aliphatic carbocycles. The van der Waals surface area contributed by atoms with Gasteiger partial charge in [-0.2, -0.15) is 5.10 Å². The van der Waals surface area contributed by atoms with E-state index in [9.17, 15) is 0 Å². The van der Waals surface area contributed by atoms with Gasteiger partial charge < -0.3 is 0 Å². The maximum Gasteiger partial charge on any atom is 0.187 e. The maximum absolute atomic E-state index is 4.71. The van der Waals surface area contributed by atoms with E-state index in [4.69, 9.17) is 4.98 Å². The largest absolute Gasteiger partial charge is 0.265 e. The lowest BCUT2D eigenvalue weighted by Crippen LogP contribution is -2.25. The predicted octanol–water partition coefficient (Wildman–Crippen LogP) is 2.47. The smallest absolute Gasteiger partial charge is 0.187 e. The number of fused-ring (bicyclic) bond motifs is 1. The van der Waals surface area contributed by atoms with E-state index in [-0.39, 0.29) is 10.9 Å². The van der Waals surface area contributed by atoms with Gasteiger partial charge in [-0.05, 0) is 32.9 Å². The molecule has 2 aromatic rings. The summed E-state index contributed by atoms with van der Waals surface area (Å²) in [6.07, 6.45) is 2.04. The Bertz CT molecular complexity index is 558. The van der Waals surface area contributed by atoms with Crippen molar-refractivity contribution in [2.75, 3.05) is 0 Å². The Morgan fingerprint density at radius 3 is 2.22 bits per heavy atom. The van der Waals surface area contributed by atoms with Crippen molar-refractivity contribution >= 4 is 23.9 Å². The van der Waals surface area contributed by atoms with Crippen LogP contribution in [-0.4, -0.2) is 22.0 Å². The van der Waals surface area contributed by atoms with E-state index in [2.05, 4.69) is 58.8 Å². The summed E-state index contributed by atoms with van der Waals surface area (Å²) in [6, 6.07) is 4.17. The number of nitrogens with zero attached hydrogens (tertiary/aromatic N) is 3. The Hall–Kier alpha value is -1.32. The van der Waals surface area contributed by atoms with Crippen LogP contribution in [0, 0.1) is 0 Å². The molecule has 0 saturated heterocycles. The van der Waals surface area contributed by atoms with Crippen molar-refractivity contribution in [1.82, 2.24) is 14.8 Å². The van der Waals surface area contributed by atoms with Crippen molar-refractivity contribution in [1.29, 1.82) is 0 Å². The molecule has 96 valence electrons. The van der Waals surface area contributed by atoms with Crippen molar-refractivity contribution < 1.29 is 0 Å². The highest BCUT2D eigenvalue weighted by molar-refractivity contribution is 6.55. The van der Waals surface area contributed by atoms with E-state index in [1.807, 2.05) is 10.9 Å². The maximum atomic E-state index is 4.71. The highest BCUT2D eigenvalue weighted by Gasteiger charge is 2.18. The average Bonchev–Trinajstić information content (AvgIpc) is 2.57. The molecule has 0 bridgehead atoms. The zero-order valence-corrected chi connectivity index (χ0v) is 12.3. The third-order valence-corrected chi connectivity index (χ3v) is 2.82. The van der Waals surface area contributed by atoms with Crippen molar-refractivity contribution in [3.05, 3.63) is 18.3 Å². The Kier molecular flexibility index (Phi) is 3.00. The second kappa shape index (κ2) is 4.11. The molecule has 0 N–H and O–H groups in total. The summed E-state index contributed by atoms with van der Waals surface area (Å²) in [5, 5.41) is 4.84. The van der Waals surface area contributed by atoms with E-state index in [1.165, 1.54) is 0 Å². The molecule has 18 heavy (non-hydrogen) atoms. The normalized spacial score (nSPS) is 13.0. The van der Waals surface area contributed by atoms with Crippen LogP contribution in [0.25, 0.3) is 11.0 Å². The van der Waals surface area contributed by atoms with E-state index < -0.39 is 0 Å². The first-order valence-corrected chi connectivity index (χ1v) is 6.51. The highest BCUT2D eigenvalue weighted by atomic mass is 15.3. The first-order valence-electron chi connectivity index (χ1n) is 6.51. The van der Waals surface area contributed by atoms with Crippen LogP contribution in [0.1, 0.15) is 41.5 Å². The molecule has 0 fully saturated rings. The van der Waals surface area contributed by atoms with E-state index in [0.29, 0.717) is 0 Å². The second-order valence-corrected chi connectivity index (χ2v) is 7.19. The lowest BCUT2D eigenvalue weighted by molar-refractivity contribution is 0.358. The fourth-order valence-corrected chi connectivity index (χ4v) is 1.94. The summed E-state index contributed by atoms with van der Waals surface area (Å²) >= 11 is 0. The third-order valence-electron chi connectivity index (χ3n) is 2.82. The molecule has 0 radical (unpaired) electrons. The molecule has 0 saturated carbocycles. The lowest BCUT2D eigenvalue weighted by Gasteiger charge is -2.18. The lowest BCUT2D eigenvalue weighted by atomic mass is 9.53. The molecule has 2 rings (SSSR count). The van der Waals surface area contributed by atoms with E-state index in [1.54, 1.807) is 0 Å². The van der Waals surface area contributed by atoms with Crippen LogP contribution in [0.15, 0.2) is 18.3 Å². The monoisotopic (exact) mass is 243 g/mol. The molecule has 2 aromatic heterocycles. The molecule has 0 aromatic carbocycles. The highest BCUT2D eigenvalue weighted by Crippen LogP contribution is 2.20. The fraction of sp³-hybridized carbons (Fsp3) is 0.571. The fourth-order valence-electron chi connectivity index (χ4n) is 1.94. The van der Waals surface area contributed by atoms with Crippen LogP contribution in [0.4, 0.5) is 0 Å². The summed E-state index contributed by atoms with van der Waals surface area (Å²) in [6.45, 7) is 13.1. The van der Waals surface area contributed by atoms with Gasteiger partial charge in [-0.15, -0.1) is 0 Å². The van der Waals surface area contributed by atoms with Crippen molar-refractivity contribution in [3.8, 4) is 0 Å². The summed E-state index contributed by atoms with van der Waals surface area (Å²) in [7, 11) is 0.990. The van der Waals surface area contributed by atoms with Crippen LogP contribution in [0.5, 0.6) is 0 Å². The average molecular weight is 243 g/mol. The summed E-state index contributed by atoms with van der Waals surface area (Å²) in [5.74, 6) is 0. The molecule has 2 heterocycles. The van der Waals surface area contributed by atoms with E-state index in [0.717, 1.165) is 23.9 Å². The molecular formula is C14H22BN3. The van der Waals surface area contributed by atoms with Gasteiger partial charge in [0.1, 0.15) is 11.0 Å². The molecule has 0 aliphatic heterocycles. The van der Waals surface area contributed by atoms with Crippen molar-refractivity contribution in [2.24, 2.45) is 0 Å². The number of hydrogen-bond donors (Lipinski definition) is 0. The number of hydrogen-bond acceptors (Lipinski definition) is 2. The van der Waals surface area contributed by atoms with Crippen LogP contribution in [0.2, 0.25) is 5.31 Å². The molecule has 0 atom stereocenters. The van der Waals surface area contributed by atoms with Gasteiger partial charge >= 0.3 is 0 Å². The van der Waals surface area contributed by atoms with Gasteiger partial charge in [0.25, 0.3) is 0 Å². The minimum absolute atomic E-state index is 0.00485. The van der Waals surface area contributed by atoms with Gasteiger partial charge in [0, 0.05) is 5.59 Å². The Balaban J connectivity index is 2.40. The van der Waals surface area contributed by atoms with Gasteiger partial charge in [0.05, 0.1) is 11.7 Å². The van der Waals surface area contributed by atoms with Crippen molar-refractivity contribution in [2.45, 2.75) is 52.4 Å². The van der Waals surface area contributed by atoms with Crippen LogP contribution < -0.4 is 5.59 Å². The summed E-state index contributed by atoms with van der Waals surface area (Å²) < 4.78 is 1.99. The van der Waals surface area contributed by atoms with Gasteiger partial charge in [0.2, 0.25) is 0 Å². The Morgan fingerprint density at radius 2 is 1.67 bits per heavy atom. The second-order valence-electron chi connectivity index (χ2n) is 7.19. The van der Waals surface area contributed by atoms with Crippen LogP contribution in [0.3, 0.4) is 0 Å². The van der Waals surface area contributed by atoms with Crippen LogP contribution >= 0.6 is 0 Å². The summed E-state index contributed by atoms with van der Waals surface area (Å²) in [5.41, 5.74) is 3.11. The molecule has 4 heteroatoms. The molecule has 3 nitrogen and oxygen atoms in total. The molecule has 0 spiro atoms. The predicted molar refractivity (Wildman–Crippen MR) is 79.0 cm³/mol. The number of pyridine rings is 1. The number of aromatic nitrogens is 3. The van der Waals surface area contributed by atoms with Gasteiger partial charge in [-0.25, -0.2) is 0 Å². The quantitative estimate of drug-likeness (QED) is 0.720. The number of rotatable bonds is 1. The zero-order chi connectivity index (χ0) is 13.6.